The van der Waals surface area contributed by atoms with Crippen molar-refractivity contribution in [2.24, 2.45) is 5.92 Å². The number of likely N-dealkylation sites (tertiary alicyclic amines) is 1. The number of aliphatic hydroxyl groups is 1. The Hall–Kier alpha value is -0.770. The maximum atomic E-state index is 11.9. The second-order valence-electron chi connectivity index (χ2n) is 6.26. The molecule has 1 aliphatic heterocycles. The molecule has 1 saturated heterocycles. The summed E-state index contributed by atoms with van der Waals surface area (Å²) in [4.78, 5) is 13.6. The highest BCUT2D eigenvalue weighted by Gasteiger charge is 2.34. The Morgan fingerprint density at radius 3 is 2.53 bits per heavy atom. The molecule has 17 heavy (non-hydrogen) atoms. The van der Waals surface area contributed by atoms with E-state index in [-0.39, 0.29) is 12.0 Å². The lowest BCUT2D eigenvalue weighted by Gasteiger charge is -2.27. The molecule has 4 heteroatoms. The van der Waals surface area contributed by atoms with Crippen molar-refractivity contribution in [3.8, 4) is 0 Å². The van der Waals surface area contributed by atoms with Gasteiger partial charge in [0.2, 0.25) is 0 Å². The molecular weight excluding hydrogens is 218 g/mol. The minimum atomic E-state index is -0.684. The number of nitrogens with zero attached hydrogens (tertiary/aromatic N) is 1. The van der Waals surface area contributed by atoms with Crippen molar-refractivity contribution in [3.63, 3.8) is 0 Å². The van der Waals surface area contributed by atoms with Crippen LogP contribution in [0.4, 0.5) is 4.79 Å². The van der Waals surface area contributed by atoms with Gasteiger partial charge in [-0.25, -0.2) is 4.79 Å². The van der Waals surface area contributed by atoms with Crippen LogP contribution in [0.25, 0.3) is 0 Å². The normalized spacial score (nSPS) is 30.9. The molecule has 0 aromatic heterocycles. The Kier molecular flexibility index (Phi) is 4.07. The summed E-state index contributed by atoms with van der Waals surface area (Å²) in [6.07, 6.45) is 1.14. The lowest BCUT2D eigenvalue weighted by atomic mass is 9.87. The largest absolute Gasteiger partial charge is 0.444 e. The monoisotopic (exact) mass is 243 g/mol. The zero-order valence-electron chi connectivity index (χ0n) is 11.6. The van der Waals surface area contributed by atoms with Gasteiger partial charge in [0.25, 0.3) is 0 Å². The first-order valence-electron chi connectivity index (χ1n) is 6.32. The Morgan fingerprint density at radius 2 is 2.00 bits per heavy atom. The summed E-state index contributed by atoms with van der Waals surface area (Å²) in [6, 6.07) is 0. The van der Waals surface area contributed by atoms with Crippen LogP contribution in [0.2, 0.25) is 0 Å². The van der Waals surface area contributed by atoms with Crippen molar-refractivity contribution in [1.29, 1.82) is 0 Å². The lowest BCUT2D eigenvalue weighted by Crippen LogP contribution is -2.38. The summed E-state index contributed by atoms with van der Waals surface area (Å²) in [5.74, 6) is 0.204. The highest BCUT2D eigenvalue weighted by atomic mass is 16.6. The third-order valence-corrected chi connectivity index (χ3v) is 3.43. The zero-order chi connectivity index (χ0) is 13.3. The molecule has 0 aromatic rings. The van der Waals surface area contributed by atoms with E-state index in [0.29, 0.717) is 19.5 Å². The maximum Gasteiger partial charge on any atom is 0.410 e. The molecule has 0 aliphatic carbocycles. The van der Waals surface area contributed by atoms with Crippen molar-refractivity contribution in [2.45, 2.75) is 58.7 Å². The molecule has 1 N–H and O–H groups in total. The molecule has 100 valence electrons. The van der Waals surface area contributed by atoms with Gasteiger partial charge in [-0.15, -0.1) is 0 Å². The number of hydrogen-bond donors (Lipinski definition) is 1. The summed E-state index contributed by atoms with van der Waals surface area (Å²) in [6.45, 7) is 10.7. The van der Waals surface area contributed by atoms with Gasteiger partial charge in [0.15, 0.2) is 0 Å². The zero-order valence-corrected chi connectivity index (χ0v) is 11.6. The van der Waals surface area contributed by atoms with E-state index in [0.717, 1.165) is 6.42 Å². The van der Waals surface area contributed by atoms with Crippen LogP contribution in [-0.4, -0.2) is 40.4 Å². The van der Waals surface area contributed by atoms with Crippen molar-refractivity contribution < 1.29 is 14.6 Å². The van der Waals surface area contributed by atoms with Gasteiger partial charge in [-0.3, -0.25) is 0 Å². The van der Waals surface area contributed by atoms with Gasteiger partial charge in [0.05, 0.1) is 5.60 Å². The van der Waals surface area contributed by atoms with Crippen LogP contribution in [0.5, 0.6) is 0 Å². The molecule has 1 aliphatic rings. The summed E-state index contributed by atoms with van der Waals surface area (Å²) >= 11 is 0. The first-order valence-corrected chi connectivity index (χ1v) is 6.32. The molecule has 0 saturated carbocycles. The standard InChI is InChI=1S/C13H25NO3/c1-10-6-8-14(9-7-13(10,5)16)11(15)17-12(2,3)4/h10,16H,6-9H2,1-5H3. The molecule has 2 unspecified atom stereocenters. The van der Waals surface area contributed by atoms with Crippen LogP contribution in [0, 0.1) is 5.92 Å². The molecule has 1 amide bonds. The summed E-state index contributed by atoms with van der Waals surface area (Å²) < 4.78 is 5.34. The predicted octanol–water partition coefficient (Wildman–Crippen LogP) is 2.40. The minimum Gasteiger partial charge on any atom is -0.444 e. The third kappa shape index (κ3) is 4.19. The Labute approximate surface area is 104 Å². The predicted molar refractivity (Wildman–Crippen MR) is 66.8 cm³/mol. The molecule has 0 bridgehead atoms. The minimum absolute atomic E-state index is 0.204. The number of amides is 1. The van der Waals surface area contributed by atoms with E-state index in [1.807, 2.05) is 34.6 Å². The van der Waals surface area contributed by atoms with E-state index in [9.17, 15) is 9.90 Å². The van der Waals surface area contributed by atoms with Gasteiger partial charge < -0.3 is 14.7 Å². The Morgan fingerprint density at radius 1 is 1.41 bits per heavy atom. The number of rotatable bonds is 0. The van der Waals surface area contributed by atoms with Crippen molar-refractivity contribution in [3.05, 3.63) is 0 Å². The van der Waals surface area contributed by atoms with E-state index in [2.05, 4.69) is 0 Å². The summed E-state index contributed by atoms with van der Waals surface area (Å²) in [5, 5.41) is 10.2. The van der Waals surface area contributed by atoms with Crippen molar-refractivity contribution in [2.75, 3.05) is 13.1 Å². The summed E-state index contributed by atoms with van der Waals surface area (Å²) in [5.41, 5.74) is -1.14. The fourth-order valence-corrected chi connectivity index (χ4v) is 1.89. The van der Waals surface area contributed by atoms with E-state index < -0.39 is 11.2 Å². The summed E-state index contributed by atoms with van der Waals surface area (Å²) in [7, 11) is 0. The fourth-order valence-electron chi connectivity index (χ4n) is 1.89. The average Bonchev–Trinajstić information content (AvgIpc) is 2.25. The first-order chi connectivity index (χ1) is 7.62. The second-order valence-corrected chi connectivity index (χ2v) is 6.26. The van der Waals surface area contributed by atoms with Crippen LogP contribution in [0.3, 0.4) is 0 Å². The van der Waals surface area contributed by atoms with Crippen molar-refractivity contribution >= 4 is 6.09 Å². The Bertz CT molecular complexity index is 281. The number of carbonyl (C=O) groups excluding carboxylic acids is 1. The molecule has 0 radical (unpaired) electrons. The lowest BCUT2D eigenvalue weighted by molar-refractivity contribution is 0.000933. The van der Waals surface area contributed by atoms with Crippen LogP contribution in [-0.2, 0) is 4.74 Å². The van der Waals surface area contributed by atoms with E-state index in [1.165, 1.54) is 0 Å². The first kappa shape index (κ1) is 14.3. The van der Waals surface area contributed by atoms with Gasteiger partial charge in [-0.2, -0.15) is 0 Å². The average molecular weight is 243 g/mol. The molecule has 0 aromatic carbocycles. The van der Waals surface area contributed by atoms with Crippen LogP contribution >= 0.6 is 0 Å². The third-order valence-electron chi connectivity index (χ3n) is 3.43. The van der Waals surface area contributed by atoms with Crippen LogP contribution in [0.15, 0.2) is 0 Å². The van der Waals surface area contributed by atoms with E-state index in [4.69, 9.17) is 4.74 Å². The number of carbonyl (C=O) groups is 1. The molecule has 1 fully saturated rings. The maximum absolute atomic E-state index is 11.9. The number of ether oxygens (including phenoxy) is 1. The quantitative estimate of drug-likeness (QED) is 0.710. The second kappa shape index (κ2) is 4.84. The molecule has 2 atom stereocenters. The van der Waals surface area contributed by atoms with Gasteiger partial charge in [-0.05, 0) is 46.5 Å². The highest BCUT2D eigenvalue weighted by molar-refractivity contribution is 5.68. The van der Waals surface area contributed by atoms with Gasteiger partial charge >= 0.3 is 6.09 Å². The molecular formula is C13H25NO3. The molecule has 1 rings (SSSR count). The smallest absolute Gasteiger partial charge is 0.410 e. The Balaban J connectivity index is 2.60. The topological polar surface area (TPSA) is 49.8 Å². The van der Waals surface area contributed by atoms with Crippen LogP contribution in [0.1, 0.15) is 47.5 Å². The van der Waals surface area contributed by atoms with E-state index >= 15 is 0 Å². The fraction of sp³-hybridized carbons (Fsp3) is 0.923. The van der Waals surface area contributed by atoms with Gasteiger partial charge in [-0.1, -0.05) is 6.92 Å². The number of hydrogen-bond acceptors (Lipinski definition) is 3. The van der Waals surface area contributed by atoms with Crippen molar-refractivity contribution in [1.82, 2.24) is 4.90 Å². The highest BCUT2D eigenvalue weighted by Crippen LogP contribution is 2.28. The van der Waals surface area contributed by atoms with E-state index in [1.54, 1.807) is 4.90 Å². The van der Waals surface area contributed by atoms with Gasteiger partial charge in [0, 0.05) is 13.1 Å². The SMILES string of the molecule is CC1CCN(C(=O)OC(C)(C)C)CCC1(C)O. The molecule has 0 spiro atoms. The molecule has 4 nitrogen and oxygen atoms in total. The molecule has 1 heterocycles. The van der Waals surface area contributed by atoms with Crippen LogP contribution < -0.4 is 0 Å². The van der Waals surface area contributed by atoms with Gasteiger partial charge in [0.1, 0.15) is 5.60 Å².